The first-order valence-electron chi connectivity index (χ1n) is 6.27. The van der Waals surface area contributed by atoms with Gasteiger partial charge in [-0.3, -0.25) is 4.79 Å². The van der Waals surface area contributed by atoms with Crippen molar-refractivity contribution in [1.82, 2.24) is 5.32 Å². The third kappa shape index (κ3) is 3.43. The van der Waals surface area contributed by atoms with Gasteiger partial charge >= 0.3 is 0 Å². The van der Waals surface area contributed by atoms with E-state index in [0.29, 0.717) is 0 Å². The van der Waals surface area contributed by atoms with Crippen LogP contribution in [0.5, 0.6) is 0 Å². The normalized spacial score (nSPS) is 13.4. The monoisotopic (exact) mass is 304 g/mol. The fourth-order valence-corrected chi connectivity index (χ4v) is 2.97. The average molecular weight is 304 g/mol. The molecule has 2 rings (SSSR count). The van der Waals surface area contributed by atoms with E-state index in [1.165, 1.54) is 0 Å². The van der Waals surface area contributed by atoms with Gasteiger partial charge in [0.25, 0.3) is 0 Å². The predicted molar refractivity (Wildman–Crippen MR) is 86.8 cm³/mol. The minimum Gasteiger partial charge on any atom is -0.392 e. The molecule has 0 aliphatic carbocycles. The molecule has 3 nitrogen and oxygen atoms in total. The van der Waals surface area contributed by atoms with Crippen LogP contribution in [0.3, 0.4) is 0 Å². The van der Waals surface area contributed by atoms with Gasteiger partial charge in [0.05, 0.1) is 11.0 Å². The lowest BCUT2D eigenvalue weighted by Crippen LogP contribution is -2.37. The number of thiocarbonyl (C=S) groups is 1. The molecule has 1 aromatic carbocycles. The highest BCUT2D eigenvalue weighted by Crippen LogP contribution is 2.21. The molecule has 0 fully saturated rings. The molecule has 20 heavy (non-hydrogen) atoms. The SMILES string of the molecule is CC(NC(=O)C(C(N)=S)c1ccccc1)c1cccs1. The molecule has 0 aliphatic rings. The fourth-order valence-electron chi connectivity index (χ4n) is 2.00. The van der Waals surface area contributed by atoms with Crippen molar-refractivity contribution in [3.8, 4) is 0 Å². The van der Waals surface area contributed by atoms with E-state index >= 15 is 0 Å². The molecule has 2 unspecified atom stereocenters. The second-order valence-electron chi connectivity index (χ2n) is 4.49. The number of nitrogens with one attached hydrogen (secondary N) is 1. The molecule has 0 bridgehead atoms. The fraction of sp³-hybridized carbons (Fsp3) is 0.200. The van der Waals surface area contributed by atoms with Crippen LogP contribution in [0.15, 0.2) is 47.8 Å². The molecule has 0 radical (unpaired) electrons. The molecule has 1 amide bonds. The van der Waals surface area contributed by atoms with Gasteiger partial charge in [0.1, 0.15) is 5.92 Å². The van der Waals surface area contributed by atoms with Crippen LogP contribution < -0.4 is 11.1 Å². The number of nitrogens with two attached hydrogens (primary N) is 1. The molecule has 2 atom stereocenters. The van der Waals surface area contributed by atoms with Crippen LogP contribution in [-0.4, -0.2) is 10.9 Å². The Morgan fingerprint density at radius 2 is 1.95 bits per heavy atom. The van der Waals surface area contributed by atoms with Crippen molar-refractivity contribution >= 4 is 34.5 Å². The molecule has 0 saturated heterocycles. The first kappa shape index (κ1) is 14.7. The lowest BCUT2D eigenvalue weighted by molar-refractivity contribution is -0.121. The average Bonchev–Trinajstić information content (AvgIpc) is 2.93. The van der Waals surface area contributed by atoms with Gasteiger partial charge in [-0.25, -0.2) is 0 Å². The van der Waals surface area contributed by atoms with Crippen LogP contribution in [0.4, 0.5) is 0 Å². The van der Waals surface area contributed by atoms with E-state index in [-0.39, 0.29) is 16.9 Å². The lowest BCUT2D eigenvalue weighted by Gasteiger charge is -2.19. The molecule has 5 heteroatoms. The van der Waals surface area contributed by atoms with Gasteiger partial charge in [-0.05, 0) is 23.9 Å². The van der Waals surface area contributed by atoms with Gasteiger partial charge in [0, 0.05) is 4.88 Å². The van der Waals surface area contributed by atoms with Crippen LogP contribution in [0.25, 0.3) is 0 Å². The molecule has 3 N–H and O–H groups in total. The van der Waals surface area contributed by atoms with Crippen molar-refractivity contribution in [3.05, 3.63) is 58.3 Å². The van der Waals surface area contributed by atoms with Crippen molar-refractivity contribution in [2.24, 2.45) is 5.73 Å². The van der Waals surface area contributed by atoms with Crippen molar-refractivity contribution < 1.29 is 4.79 Å². The Morgan fingerprint density at radius 1 is 1.25 bits per heavy atom. The maximum atomic E-state index is 12.4. The van der Waals surface area contributed by atoms with E-state index < -0.39 is 5.92 Å². The molecule has 1 aromatic heterocycles. The number of hydrogen-bond acceptors (Lipinski definition) is 3. The number of carbonyl (C=O) groups excluding carboxylic acids is 1. The number of rotatable bonds is 5. The first-order valence-corrected chi connectivity index (χ1v) is 7.56. The number of thiophene rings is 1. The quantitative estimate of drug-likeness (QED) is 0.835. The number of benzene rings is 1. The first-order chi connectivity index (χ1) is 9.59. The van der Waals surface area contributed by atoms with E-state index in [0.717, 1.165) is 10.4 Å². The summed E-state index contributed by atoms with van der Waals surface area (Å²) in [4.78, 5) is 13.7. The zero-order valence-corrected chi connectivity index (χ0v) is 12.7. The van der Waals surface area contributed by atoms with Gasteiger partial charge in [0.2, 0.25) is 5.91 Å². The topological polar surface area (TPSA) is 55.1 Å². The van der Waals surface area contributed by atoms with E-state index in [2.05, 4.69) is 5.32 Å². The molecular formula is C15H16N2OS2. The van der Waals surface area contributed by atoms with E-state index in [1.807, 2.05) is 54.8 Å². The van der Waals surface area contributed by atoms with E-state index in [9.17, 15) is 4.79 Å². The van der Waals surface area contributed by atoms with Gasteiger partial charge < -0.3 is 11.1 Å². The van der Waals surface area contributed by atoms with E-state index in [1.54, 1.807) is 11.3 Å². The summed E-state index contributed by atoms with van der Waals surface area (Å²) in [6, 6.07) is 13.3. The summed E-state index contributed by atoms with van der Waals surface area (Å²) in [5.74, 6) is -0.752. The van der Waals surface area contributed by atoms with Gasteiger partial charge in [-0.1, -0.05) is 48.6 Å². The molecule has 0 saturated carbocycles. The third-order valence-corrected chi connectivity index (χ3v) is 4.30. The highest BCUT2D eigenvalue weighted by atomic mass is 32.1. The standard InChI is InChI=1S/C15H16N2OS2/c1-10(12-8-5-9-20-12)17-15(18)13(14(16)19)11-6-3-2-4-7-11/h2-10,13H,1H3,(H2,16,19)(H,17,18). The Kier molecular flexibility index (Phi) is 4.87. The second kappa shape index (κ2) is 6.63. The molecule has 0 spiro atoms. The Hall–Kier alpha value is -1.72. The van der Waals surface area contributed by atoms with Gasteiger partial charge in [-0.2, -0.15) is 0 Å². The summed E-state index contributed by atoms with van der Waals surface area (Å²) in [5.41, 5.74) is 6.55. The van der Waals surface area contributed by atoms with Crippen molar-refractivity contribution in [2.75, 3.05) is 0 Å². The second-order valence-corrected chi connectivity index (χ2v) is 5.94. The highest BCUT2D eigenvalue weighted by Gasteiger charge is 2.24. The van der Waals surface area contributed by atoms with Gasteiger partial charge in [-0.15, -0.1) is 11.3 Å². The van der Waals surface area contributed by atoms with Gasteiger partial charge in [0.15, 0.2) is 0 Å². The Morgan fingerprint density at radius 3 is 2.50 bits per heavy atom. The lowest BCUT2D eigenvalue weighted by atomic mass is 9.98. The summed E-state index contributed by atoms with van der Waals surface area (Å²) in [6.45, 7) is 1.95. The minimum absolute atomic E-state index is 0.0527. The van der Waals surface area contributed by atoms with Crippen LogP contribution in [-0.2, 0) is 4.79 Å². The summed E-state index contributed by atoms with van der Waals surface area (Å²) in [5, 5.41) is 4.95. The largest absolute Gasteiger partial charge is 0.392 e. The minimum atomic E-state index is -0.589. The van der Waals surface area contributed by atoms with Crippen molar-refractivity contribution in [2.45, 2.75) is 18.9 Å². The van der Waals surface area contributed by atoms with E-state index in [4.69, 9.17) is 18.0 Å². The number of amides is 1. The predicted octanol–water partition coefficient (Wildman–Crippen LogP) is 3.00. The Balaban J connectivity index is 2.14. The van der Waals surface area contributed by atoms with Crippen molar-refractivity contribution in [1.29, 1.82) is 0 Å². The third-order valence-electron chi connectivity index (χ3n) is 3.01. The molecule has 0 aliphatic heterocycles. The summed E-state index contributed by atoms with van der Waals surface area (Å²) in [6.07, 6.45) is 0. The number of hydrogen-bond donors (Lipinski definition) is 2. The summed E-state index contributed by atoms with van der Waals surface area (Å²) >= 11 is 6.66. The molecule has 104 valence electrons. The van der Waals surface area contributed by atoms with Crippen molar-refractivity contribution in [3.63, 3.8) is 0 Å². The zero-order chi connectivity index (χ0) is 14.5. The van der Waals surface area contributed by atoms with Crippen LogP contribution in [0, 0.1) is 0 Å². The van der Waals surface area contributed by atoms with Crippen LogP contribution in [0.2, 0.25) is 0 Å². The smallest absolute Gasteiger partial charge is 0.234 e. The summed E-state index contributed by atoms with van der Waals surface area (Å²) < 4.78 is 0. The molecule has 1 heterocycles. The molecule has 2 aromatic rings. The highest BCUT2D eigenvalue weighted by molar-refractivity contribution is 7.80. The maximum Gasteiger partial charge on any atom is 0.234 e. The van der Waals surface area contributed by atoms with Crippen LogP contribution >= 0.6 is 23.6 Å². The molecular weight excluding hydrogens is 288 g/mol. The Labute approximate surface area is 127 Å². The zero-order valence-electron chi connectivity index (χ0n) is 11.1. The number of carbonyl (C=O) groups is 1. The maximum absolute atomic E-state index is 12.4. The van der Waals surface area contributed by atoms with Crippen LogP contribution in [0.1, 0.15) is 29.3 Å². The summed E-state index contributed by atoms with van der Waals surface area (Å²) in [7, 11) is 0. The Bertz CT molecular complexity index is 581.